The largest absolute Gasteiger partial charge is 0.379 e. The van der Waals surface area contributed by atoms with Gasteiger partial charge in [0.25, 0.3) is 5.56 Å². The lowest BCUT2D eigenvalue weighted by Gasteiger charge is -2.10. The highest BCUT2D eigenvalue weighted by Gasteiger charge is 2.04. The number of anilines is 2. The Kier molecular flexibility index (Phi) is 4.29. The molecule has 0 saturated carbocycles. The molecule has 2 aromatic heterocycles. The van der Waals surface area contributed by atoms with E-state index in [0.717, 1.165) is 17.1 Å². The molecule has 0 atom stereocenters. The van der Waals surface area contributed by atoms with Crippen molar-refractivity contribution in [3.63, 3.8) is 0 Å². The molecule has 3 aromatic rings. The predicted octanol–water partition coefficient (Wildman–Crippen LogP) is 2.57. The predicted molar refractivity (Wildman–Crippen MR) is 94.3 cm³/mol. The Morgan fingerprint density at radius 1 is 1.12 bits per heavy atom. The number of benzene rings is 1. The van der Waals surface area contributed by atoms with Crippen LogP contribution in [0.25, 0.3) is 5.65 Å². The summed E-state index contributed by atoms with van der Waals surface area (Å²) in [4.78, 5) is 27.9. The van der Waals surface area contributed by atoms with E-state index in [1.807, 2.05) is 49.4 Å². The third-order valence-corrected chi connectivity index (χ3v) is 3.59. The van der Waals surface area contributed by atoms with Gasteiger partial charge in [0.1, 0.15) is 5.65 Å². The second-order valence-electron chi connectivity index (χ2n) is 5.56. The number of hydrogen-bond donors (Lipinski definition) is 2. The summed E-state index contributed by atoms with van der Waals surface area (Å²) in [5.74, 6) is -0.119. The highest BCUT2D eigenvalue weighted by atomic mass is 16.1. The van der Waals surface area contributed by atoms with Crippen LogP contribution in [0, 0.1) is 6.92 Å². The van der Waals surface area contributed by atoms with Gasteiger partial charge in [-0.05, 0) is 37.3 Å². The van der Waals surface area contributed by atoms with Crippen LogP contribution in [0.5, 0.6) is 0 Å². The standard InChI is InChI=1S/C18H18N4O2/c1-12-5-3-8-17-21-16(10-18(24)22(12)17)11-19-14-6-4-7-15(9-14)20-13(2)23/h3-10,19H,11H2,1-2H3,(H,20,23). The van der Waals surface area contributed by atoms with Gasteiger partial charge in [0.05, 0.1) is 12.2 Å². The molecule has 3 rings (SSSR count). The zero-order valence-electron chi connectivity index (χ0n) is 13.5. The molecule has 0 radical (unpaired) electrons. The number of aromatic nitrogens is 2. The zero-order valence-corrected chi connectivity index (χ0v) is 13.5. The molecule has 2 N–H and O–H groups in total. The maximum absolute atomic E-state index is 12.3. The Balaban J connectivity index is 1.81. The maximum Gasteiger partial charge on any atom is 0.258 e. The van der Waals surface area contributed by atoms with Crippen LogP contribution < -0.4 is 16.2 Å². The number of hydrogen-bond acceptors (Lipinski definition) is 4. The van der Waals surface area contributed by atoms with E-state index < -0.39 is 0 Å². The molecule has 0 bridgehead atoms. The van der Waals surface area contributed by atoms with Gasteiger partial charge in [0.15, 0.2) is 0 Å². The number of rotatable bonds is 4. The molecule has 6 heteroatoms. The van der Waals surface area contributed by atoms with Crippen LogP contribution in [0.3, 0.4) is 0 Å². The number of aryl methyl sites for hydroxylation is 1. The van der Waals surface area contributed by atoms with E-state index in [2.05, 4.69) is 15.6 Å². The Bertz CT molecular complexity index is 963. The van der Waals surface area contributed by atoms with Crippen LogP contribution >= 0.6 is 0 Å². The van der Waals surface area contributed by atoms with Crippen LogP contribution in [0.4, 0.5) is 11.4 Å². The molecule has 0 aliphatic carbocycles. The normalized spacial score (nSPS) is 10.6. The first kappa shape index (κ1) is 15.7. The Morgan fingerprint density at radius 3 is 2.67 bits per heavy atom. The lowest BCUT2D eigenvalue weighted by Crippen LogP contribution is -2.18. The molecule has 0 unspecified atom stereocenters. The minimum atomic E-state index is -0.119. The highest BCUT2D eigenvalue weighted by Crippen LogP contribution is 2.15. The van der Waals surface area contributed by atoms with Crippen LogP contribution in [0.15, 0.2) is 53.3 Å². The molecule has 6 nitrogen and oxygen atoms in total. The summed E-state index contributed by atoms with van der Waals surface area (Å²) < 4.78 is 1.58. The fourth-order valence-corrected chi connectivity index (χ4v) is 2.56. The first-order chi connectivity index (χ1) is 11.5. The van der Waals surface area contributed by atoms with Gasteiger partial charge in [0, 0.05) is 30.1 Å². The minimum absolute atomic E-state index is 0.0955. The molecule has 0 aliphatic rings. The average molecular weight is 322 g/mol. The van der Waals surface area contributed by atoms with Gasteiger partial charge in [-0.2, -0.15) is 0 Å². The second-order valence-corrected chi connectivity index (χ2v) is 5.56. The third-order valence-electron chi connectivity index (χ3n) is 3.59. The lowest BCUT2D eigenvalue weighted by molar-refractivity contribution is -0.114. The van der Waals surface area contributed by atoms with Gasteiger partial charge in [0.2, 0.25) is 5.91 Å². The van der Waals surface area contributed by atoms with Crippen LogP contribution in [-0.2, 0) is 11.3 Å². The minimum Gasteiger partial charge on any atom is -0.379 e. The zero-order chi connectivity index (χ0) is 17.1. The Morgan fingerprint density at radius 2 is 1.88 bits per heavy atom. The smallest absolute Gasteiger partial charge is 0.258 e. The van der Waals surface area contributed by atoms with Gasteiger partial charge in [-0.15, -0.1) is 0 Å². The average Bonchev–Trinajstić information content (AvgIpc) is 2.52. The molecule has 0 fully saturated rings. The Labute approximate surface area is 139 Å². The number of carbonyl (C=O) groups excluding carboxylic acids is 1. The molecule has 24 heavy (non-hydrogen) atoms. The van der Waals surface area contributed by atoms with E-state index in [1.165, 1.54) is 13.0 Å². The topological polar surface area (TPSA) is 75.5 Å². The lowest BCUT2D eigenvalue weighted by atomic mass is 10.2. The van der Waals surface area contributed by atoms with Crippen molar-refractivity contribution in [2.24, 2.45) is 0 Å². The highest BCUT2D eigenvalue weighted by molar-refractivity contribution is 5.89. The summed E-state index contributed by atoms with van der Waals surface area (Å²) in [5, 5.41) is 5.95. The van der Waals surface area contributed by atoms with Crippen LogP contribution in [0.2, 0.25) is 0 Å². The first-order valence-electron chi connectivity index (χ1n) is 7.63. The Hall–Kier alpha value is -3.15. The van der Waals surface area contributed by atoms with Crippen molar-refractivity contribution in [2.75, 3.05) is 10.6 Å². The van der Waals surface area contributed by atoms with E-state index in [9.17, 15) is 9.59 Å². The van der Waals surface area contributed by atoms with E-state index in [1.54, 1.807) is 4.40 Å². The number of nitrogens with one attached hydrogen (secondary N) is 2. The van der Waals surface area contributed by atoms with E-state index in [0.29, 0.717) is 17.9 Å². The number of amides is 1. The summed E-state index contributed by atoms with van der Waals surface area (Å²) in [7, 11) is 0. The van der Waals surface area contributed by atoms with Crippen molar-refractivity contribution in [3.8, 4) is 0 Å². The second kappa shape index (κ2) is 6.54. The van der Waals surface area contributed by atoms with Crippen molar-refractivity contribution >= 4 is 22.9 Å². The summed E-state index contributed by atoms with van der Waals surface area (Å²) in [5.41, 5.74) is 3.61. The summed E-state index contributed by atoms with van der Waals surface area (Å²) >= 11 is 0. The number of nitrogens with zero attached hydrogens (tertiary/aromatic N) is 2. The van der Waals surface area contributed by atoms with Crippen LogP contribution in [0.1, 0.15) is 18.3 Å². The van der Waals surface area contributed by atoms with Gasteiger partial charge < -0.3 is 10.6 Å². The first-order valence-corrected chi connectivity index (χ1v) is 7.63. The third kappa shape index (κ3) is 3.43. The van der Waals surface area contributed by atoms with E-state index >= 15 is 0 Å². The molecule has 0 aliphatic heterocycles. The van der Waals surface area contributed by atoms with Gasteiger partial charge in [-0.3, -0.25) is 14.0 Å². The van der Waals surface area contributed by atoms with Crippen molar-refractivity contribution in [2.45, 2.75) is 20.4 Å². The maximum atomic E-state index is 12.3. The van der Waals surface area contributed by atoms with E-state index in [4.69, 9.17) is 0 Å². The van der Waals surface area contributed by atoms with Crippen LogP contribution in [-0.4, -0.2) is 15.3 Å². The summed E-state index contributed by atoms with van der Waals surface area (Å²) in [6.07, 6.45) is 0. The van der Waals surface area contributed by atoms with Crippen molar-refractivity contribution in [3.05, 3.63) is 70.3 Å². The van der Waals surface area contributed by atoms with Crippen molar-refractivity contribution in [1.29, 1.82) is 0 Å². The SMILES string of the molecule is CC(=O)Nc1cccc(NCc2cc(=O)n3c(C)cccc3n2)c1. The molecular weight excluding hydrogens is 304 g/mol. The fraction of sp³-hybridized carbons (Fsp3) is 0.167. The van der Waals surface area contributed by atoms with Gasteiger partial charge in [-0.1, -0.05) is 12.1 Å². The fourth-order valence-electron chi connectivity index (χ4n) is 2.56. The number of pyridine rings is 1. The molecule has 2 heterocycles. The van der Waals surface area contributed by atoms with Crippen molar-refractivity contribution < 1.29 is 4.79 Å². The molecule has 1 amide bonds. The molecule has 0 saturated heterocycles. The van der Waals surface area contributed by atoms with Gasteiger partial charge >= 0.3 is 0 Å². The summed E-state index contributed by atoms with van der Waals surface area (Å²) in [6, 6.07) is 14.5. The molecule has 0 spiro atoms. The summed E-state index contributed by atoms with van der Waals surface area (Å²) in [6.45, 7) is 3.76. The monoisotopic (exact) mass is 322 g/mol. The number of carbonyl (C=O) groups is 1. The molecule has 1 aromatic carbocycles. The quantitative estimate of drug-likeness (QED) is 0.774. The van der Waals surface area contributed by atoms with Crippen molar-refractivity contribution in [1.82, 2.24) is 9.38 Å². The molecule has 122 valence electrons. The van der Waals surface area contributed by atoms with E-state index in [-0.39, 0.29) is 11.5 Å². The van der Waals surface area contributed by atoms with Gasteiger partial charge in [-0.25, -0.2) is 4.98 Å². The molecular formula is C18H18N4O2. The number of fused-ring (bicyclic) bond motifs is 1.